The van der Waals surface area contributed by atoms with Gasteiger partial charge in [-0.2, -0.15) is 0 Å². The molecule has 1 aromatic rings. The number of nitrogens with one attached hydrogen (secondary N) is 1. The Balaban J connectivity index is 2.66. The summed E-state index contributed by atoms with van der Waals surface area (Å²) >= 11 is 0. The Hall–Kier alpha value is -1.60. The molecular weight excluding hydrogens is 294 g/mol. The molecule has 1 atom stereocenters. The van der Waals surface area contributed by atoms with Crippen LogP contribution in [0, 0.1) is 0 Å². The van der Waals surface area contributed by atoms with Crippen molar-refractivity contribution < 1.29 is 23.1 Å². The Bertz CT molecular complexity index is 570. The normalized spacial score (nSPS) is 12.9. The third-order valence-electron chi connectivity index (χ3n) is 3.04. The van der Waals surface area contributed by atoms with Gasteiger partial charge in [-0.3, -0.25) is 4.79 Å². The van der Waals surface area contributed by atoms with Gasteiger partial charge >= 0.3 is 5.97 Å². The van der Waals surface area contributed by atoms with Crippen LogP contribution in [0.15, 0.2) is 29.2 Å². The van der Waals surface area contributed by atoms with E-state index >= 15 is 0 Å². The molecule has 0 heterocycles. The summed E-state index contributed by atoms with van der Waals surface area (Å²) in [5.41, 5.74) is 0. The SMILES string of the molecule is CCCC(NCCS(=O)(=O)c1cccc(OC)c1)C(=O)O. The van der Waals surface area contributed by atoms with Crippen LogP contribution in [0.2, 0.25) is 0 Å². The number of hydrogen-bond donors (Lipinski definition) is 2. The van der Waals surface area contributed by atoms with Crippen molar-refractivity contribution in [3.05, 3.63) is 24.3 Å². The van der Waals surface area contributed by atoms with Crippen LogP contribution in [0.3, 0.4) is 0 Å². The standard InChI is InChI=1S/C14H21NO5S/c1-3-5-13(14(16)17)15-8-9-21(18,19)12-7-4-6-11(10-12)20-2/h4,6-7,10,13,15H,3,5,8-9H2,1-2H3,(H,16,17). The first-order chi connectivity index (χ1) is 9.90. The third-order valence-corrected chi connectivity index (χ3v) is 4.75. The summed E-state index contributed by atoms with van der Waals surface area (Å²) in [7, 11) is -2.00. The third kappa shape index (κ3) is 5.35. The Labute approximate surface area is 125 Å². The molecule has 2 N–H and O–H groups in total. The predicted molar refractivity (Wildman–Crippen MR) is 79.4 cm³/mol. The molecule has 6 nitrogen and oxygen atoms in total. The van der Waals surface area contributed by atoms with Gasteiger partial charge in [0.1, 0.15) is 11.8 Å². The van der Waals surface area contributed by atoms with Crippen LogP contribution >= 0.6 is 0 Å². The molecule has 0 amide bonds. The van der Waals surface area contributed by atoms with E-state index in [9.17, 15) is 13.2 Å². The largest absolute Gasteiger partial charge is 0.497 e. The van der Waals surface area contributed by atoms with E-state index in [1.165, 1.54) is 19.2 Å². The molecule has 0 radical (unpaired) electrons. The first kappa shape index (κ1) is 17.5. The summed E-state index contributed by atoms with van der Waals surface area (Å²) in [5, 5.41) is 11.8. The summed E-state index contributed by atoms with van der Waals surface area (Å²) < 4.78 is 29.3. The molecule has 0 fully saturated rings. The highest BCUT2D eigenvalue weighted by molar-refractivity contribution is 7.91. The van der Waals surface area contributed by atoms with E-state index in [1.54, 1.807) is 12.1 Å². The Morgan fingerprint density at radius 2 is 2.14 bits per heavy atom. The summed E-state index contributed by atoms with van der Waals surface area (Å²) in [5.74, 6) is -0.651. The van der Waals surface area contributed by atoms with Gasteiger partial charge in [-0.25, -0.2) is 8.42 Å². The first-order valence-electron chi connectivity index (χ1n) is 6.73. The monoisotopic (exact) mass is 315 g/mol. The van der Waals surface area contributed by atoms with Crippen molar-refractivity contribution in [1.29, 1.82) is 0 Å². The van der Waals surface area contributed by atoms with Crippen LogP contribution < -0.4 is 10.1 Å². The van der Waals surface area contributed by atoms with Crippen molar-refractivity contribution in [2.45, 2.75) is 30.7 Å². The van der Waals surface area contributed by atoms with Crippen LogP contribution in [0.5, 0.6) is 5.75 Å². The second-order valence-electron chi connectivity index (χ2n) is 4.63. The summed E-state index contributed by atoms with van der Waals surface area (Å²) in [6.45, 7) is 1.97. The maximum Gasteiger partial charge on any atom is 0.320 e. The topological polar surface area (TPSA) is 92.7 Å². The zero-order valence-electron chi connectivity index (χ0n) is 12.2. The van der Waals surface area contributed by atoms with Crippen LogP contribution in [0.4, 0.5) is 0 Å². The van der Waals surface area contributed by atoms with Crippen molar-refractivity contribution in [3.63, 3.8) is 0 Å². The fourth-order valence-electron chi connectivity index (χ4n) is 1.88. The van der Waals surface area contributed by atoms with E-state index in [0.717, 1.165) is 0 Å². The van der Waals surface area contributed by atoms with Gasteiger partial charge in [-0.15, -0.1) is 0 Å². The van der Waals surface area contributed by atoms with Gasteiger partial charge in [0.05, 0.1) is 17.8 Å². The van der Waals surface area contributed by atoms with Crippen molar-refractivity contribution in [1.82, 2.24) is 5.32 Å². The highest BCUT2D eigenvalue weighted by Gasteiger charge is 2.19. The van der Waals surface area contributed by atoms with E-state index in [2.05, 4.69) is 5.32 Å². The molecular formula is C14H21NO5S. The van der Waals surface area contributed by atoms with Gasteiger partial charge in [-0.05, 0) is 24.6 Å². The van der Waals surface area contributed by atoms with E-state index in [4.69, 9.17) is 9.84 Å². The molecule has 0 spiro atoms. The maximum absolute atomic E-state index is 12.2. The second-order valence-corrected chi connectivity index (χ2v) is 6.74. The highest BCUT2D eigenvalue weighted by atomic mass is 32.2. The van der Waals surface area contributed by atoms with E-state index in [-0.39, 0.29) is 17.2 Å². The molecule has 1 rings (SSSR count). The van der Waals surface area contributed by atoms with Gasteiger partial charge in [0.2, 0.25) is 0 Å². The van der Waals surface area contributed by atoms with Crippen LogP contribution in [-0.4, -0.2) is 44.9 Å². The lowest BCUT2D eigenvalue weighted by molar-refractivity contribution is -0.139. The number of methoxy groups -OCH3 is 1. The fraction of sp³-hybridized carbons (Fsp3) is 0.500. The minimum absolute atomic E-state index is 0.0938. The fourth-order valence-corrected chi connectivity index (χ4v) is 3.09. The summed E-state index contributed by atoms with van der Waals surface area (Å²) in [4.78, 5) is 11.1. The van der Waals surface area contributed by atoms with E-state index < -0.39 is 21.8 Å². The molecule has 118 valence electrons. The Morgan fingerprint density at radius 3 is 2.71 bits per heavy atom. The number of ether oxygens (including phenoxy) is 1. The number of carboxylic acid groups (broad SMARTS) is 1. The Morgan fingerprint density at radius 1 is 1.43 bits per heavy atom. The minimum atomic E-state index is -3.46. The summed E-state index contributed by atoms with van der Waals surface area (Å²) in [6.07, 6.45) is 1.18. The molecule has 1 aromatic carbocycles. The van der Waals surface area contributed by atoms with Gasteiger partial charge < -0.3 is 15.2 Å². The lowest BCUT2D eigenvalue weighted by Gasteiger charge is -2.13. The molecule has 0 bridgehead atoms. The number of hydrogen-bond acceptors (Lipinski definition) is 5. The zero-order valence-corrected chi connectivity index (χ0v) is 13.0. The first-order valence-corrected chi connectivity index (χ1v) is 8.39. The number of benzene rings is 1. The zero-order chi connectivity index (χ0) is 15.9. The average molecular weight is 315 g/mol. The predicted octanol–water partition coefficient (Wildman–Crippen LogP) is 1.31. The van der Waals surface area contributed by atoms with E-state index in [0.29, 0.717) is 18.6 Å². The van der Waals surface area contributed by atoms with Crippen LogP contribution in [-0.2, 0) is 14.6 Å². The highest BCUT2D eigenvalue weighted by Crippen LogP contribution is 2.18. The number of carbonyl (C=O) groups is 1. The molecule has 0 aliphatic heterocycles. The smallest absolute Gasteiger partial charge is 0.320 e. The summed E-state index contributed by atoms with van der Waals surface area (Å²) in [6, 6.07) is 5.51. The van der Waals surface area contributed by atoms with Gasteiger partial charge in [0, 0.05) is 6.54 Å². The van der Waals surface area contributed by atoms with Gasteiger partial charge in [0.15, 0.2) is 9.84 Å². The van der Waals surface area contributed by atoms with Gasteiger partial charge in [-0.1, -0.05) is 19.4 Å². The molecule has 1 unspecified atom stereocenters. The average Bonchev–Trinajstić information content (AvgIpc) is 2.46. The molecule has 0 aliphatic rings. The number of rotatable bonds is 9. The Kier molecular flexibility index (Phi) is 6.64. The van der Waals surface area contributed by atoms with Crippen LogP contribution in [0.25, 0.3) is 0 Å². The molecule has 0 aromatic heterocycles. The van der Waals surface area contributed by atoms with Crippen LogP contribution in [0.1, 0.15) is 19.8 Å². The van der Waals surface area contributed by atoms with Crippen molar-refractivity contribution in [2.75, 3.05) is 19.4 Å². The number of carboxylic acids is 1. The van der Waals surface area contributed by atoms with Crippen molar-refractivity contribution in [3.8, 4) is 5.75 Å². The molecule has 0 saturated carbocycles. The van der Waals surface area contributed by atoms with Crippen molar-refractivity contribution >= 4 is 15.8 Å². The van der Waals surface area contributed by atoms with Gasteiger partial charge in [0.25, 0.3) is 0 Å². The molecule has 7 heteroatoms. The molecule has 0 saturated heterocycles. The lowest BCUT2D eigenvalue weighted by Crippen LogP contribution is -2.39. The molecule has 0 aliphatic carbocycles. The quantitative estimate of drug-likeness (QED) is 0.714. The number of aliphatic carboxylic acids is 1. The molecule has 21 heavy (non-hydrogen) atoms. The van der Waals surface area contributed by atoms with E-state index in [1.807, 2.05) is 6.92 Å². The van der Waals surface area contributed by atoms with Crippen molar-refractivity contribution in [2.24, 2.45) is 0 Å². The number of sulfone groups is 1. The maximum atomic E-state index is 12.2. The lowest BCUT2D eigenvalue weighted by atomic mass is 10.2. The minimum Gasteiger partial charge on any atom is -0.497 e. The second kappa shape index (κ2) is 7.99.